The number of nitrogens with zero attached hydrogens (tertiary/aromatic N) is 1. The Morgan fingerprint density at radius 2 is 2.50 bits per heavy atom. The molecule has 0 aromatic carbocycles. The normalized spacial score (nSPS) is 13.7. The molecule has 0 fully saturated rings. The maximum atomic E-state index is 10.7. The number of carboxylic acids is 1. The van der Waals surface area contributed by atoms with Crippen molar-refractivity contribution in [1.82, 2.24) is 4.98 Å². The van der Waals surface area contributed by atoms with Crippen molar-refractivity contribution >= 4 is 5.97 Å². The van der Waals surface area contributed by atoms with Gasteiger partial charge in [-0.15, -0.1) is 0 Å². The summed E-state index contributed by atoms with van der Waals surface area (Å²) >= 11 is 0. The summed E-state index contributed by atoms with van der Waals surface area (Å²) in [5.74, 6) is -0.527. The van der Waals surface area contributed by atoms with E-state index in [2.05, 4.69) is 4.98 Å². The zero-order chi connectivity index (χ0) is 8.55. The van der Waals surface area contributed by atoms with E-state index >= 15 is 0 Å². The van der Waals surface area contributed by atoms with Gasteiger partial charge < -0.3 is 9.84 Å². The van der Waals surface area contributed by atoms with Crippen molar-refractivity contribution in [3.63, 3.8) is 0 Å². The molecule has 4 heteroatoms. The number of carbonyl (C=O) groups is 1. The van der Waals surface area contributed by atoms with Crippen LogP contribution in [0, 0.1) is 0 Å². The minimum atomic E-state index is -0.962. The highest BCUT2D eigenvalue weighted by molar-refractivity contribution is 5.91. The highest BCUT2D eigenvalue weighted by atomic mass is 16.5. The highest BCUT2D eigenvalue weighted by Crippen LogP contribution is 2.26. The van der Waals surface area contributed by atoms with Crippen molar-refractivity contribution in [1.29, 1.82) is 0 Å². The number of fused-ring (bicyclic) bond motifs is 1. The molecular formula is C8H7NO3. The first-order valence-electron chi connectivity index (χ1n) is 3.63. The molecule has 62 valence electrons. The van der Waals surface area contributed by atoms with Gasteiger partial charge in [-0.2, -0.15) is 0 Å². The molecule has 0 amide bonds. The molecule has 2 heterocycles. The lowest BCUT2D eigenvalue weighted by atomic mass is 10.2. The van der Waals surface area contributed by atoms with Crippen LogP contribution >= 0.6 is 0 Å². The zero-order valence-corrected chi connectivity index (χ0v) is 6.28. The van der Waals surface area contributed by atoms with Gasteiger partial charge in [-0.1, -0.05) is 0 Å². The van der Waals surface area contributed by atoms with Gasteiger partial charge in [0.15, 0.2) is 5.75 Å². The third-order valence-corrected chi connectivity index (χ3v) is 1.79. The Bertz CT molecular complexity index is 335. The lowest BCUT2D eigenvalue weighted by Gasteiger charge is -2.01. The minimum Gasteiger partial charge on any atom is -0.490 e. The Morgan fingerprint density at radius 3 is 3.25 bits per heavy atom. The van der Waals surface area contributed by atoms with E-state index in [1.54, 1.807) is 0 Å². The number of aromatic nitrogens is 1. The first kappa shape index (κ1) is 7.09. The van der Waals surface area contributed by atoms with Crippen molar-refractivity contribution in [3.8, 4) is 5.75 Å². The predicted molar refractivity (Wildman–Crippen MR) is 40.4 cm³/mol. The van der Waals surface area contributed by atoms with Crippen LogP contribution < -0.4 is 4.74 Å². The number of carboxylic acid groups (broad SMARTS) is 1. The van der Waals surface area contributed by atoms with Gasteiger partial charge in [0.2, 0.25) is 0 Å². The van der Waals surface area contributed by atoms with Gasteiger partial charge in [-0.25, -0.2) is 4.79 Å². The van der Waals surface area contributed by atoms with E-state index in [0.717, 1.165) is 5.69 Å². The first-order valence-corrected chi connectivity index (χ1v) is 3.63. The molecule has 0 atom stereocenters. The monoisotopic (exact) mass is 165 g/mol. The van der Waals surface area contributed by atoms with E-state index in [1.807, 2.05) is 0 Å². The average molecular weight is 165 g/mol. The van der Waals surface area contributed by atoms with Crippen molar-refractivity contribution < 1.29 is 14.6 Å². The molecule has 2 rings (SSSR count). The third-order valence-electron chi connectivity index (χ3n) is 1.79. The molecule has 1 aliphatic heterocycles. The molecular weight excluding hydrogens is 158 g/mol. The van der Waals surface area contributed by atoms with Crippen molar-refractivity contribution in [2.45, 2.75) is 6.42 Å². The Balaban J connectivity index is 2.56. The highest BCUT2D eigenvalue weighted by Gasteiger charge is 2.20. The molecule has 4 nitrogen and oxygen atoms in total. The molecule has 1 aromatic heterocycles. The number of aromatic carboxylic acids is 1. The second-order valence-electron chi connectivity index (χ2n) is 2.54. The van der Waals surface area contributed by atoms with E-state index < -0.39 is 5.97 Å². The third kappa shape index (κ3) is 0.922. The Labute approximate surface area is 68.8 Å². The van der Waals surface area contributed by atoms with Crippen LogP contribution in [0.1, 0.15) is 16.1 Å². The number of hydrogen-bond acceptors (Lipinski definition) is 3. The molecule has 12 heavy (non-hydrogen) atoms. The Morgan fingerprint density at radius 1 is 1.67 bits per heavy atom. The largest absolute Gasteiger partial charge is 0.490 e. The fourth-order valence-corrected chi connectivity index (χ4v) is 1.25. The lowest BCUT2D eigenvalue weighted by molar-refractivity contribution is 0.0693. The zero-order valence-electron chi connectivity index (χ0n) is 6.28. The topological polar surface area (TPSA) is 59.4 Å². The SMILES string of the molecule is O=C(O)c1ccnc2c1OCC2. The first-order chi connectivity index (χ1) is 5.79. The molecule has 1 N–H and O–H groups in total. The Hall–Kier alpha value is -1.58. The van der Waals surface area contributed by atoms with Crippen LogP contribution in [0.5, 0.6) is 5.75 Å². The molecule has 0 spiro atoms. The number of ether oxygens (including phenoxy) is 1. The number of pyridine rings is 1. The summed E-state index contributed by atoms with van der Waals surface area (Å²) in [6.07, 6.45) is 2.20. The van der Waals surface area contributed by atoms with E-state index in [9.17, 15) is 4.79 Å². The molecule has 0 bridgehead atoms. The van der Waals surface area contributed by atoms with Gasteiger partial charge in [0, 0.05) is 12.6 Å². The second kappa shape index (κ2) is 2.48. The molecule has 0 saturated carbocycles. The smallest absolute Gasteiger partial charge is 0.339 e. The summed E-state index contributed by atoms with van der Waals surface area (Å²) in [4.78, 5) is 14.7. The van der Waals surface area contributed by atoms with Gasteiger partial charge in [-0.05, 0) is 6.07 Å². The van der Waals surface area contributed by atoms with Gasteiger partial charge in [0.25, 0.3) is 0 Å². The molecule has 0 radical (unpaired) electrons. The number of hydrogen-bond donors (Lipinski definition) is 1. The van der Waals surface area contributed by atoms with Gasteiger partial charge in [-0.3, -0.25) is 4.98 Å². The predicted octanol–water partition coefficient (Wildman–Crippen LogP) is 0.715. The van der Waals surface area contributed by atoms with E-state index in [-0.39, 0.29) is 5.56 Å². The van der Waals surface area contributed by atoms with Gasteiger partial charge in [0.05, 0.1) is 12.3 Å². The van der Waals surface area contributed by atoms with Crippen LogP contribution in [0.2, 0.25) is 0 Å². The Kier molecular flexibility index (Phi) is 1.46. The van der Waals surface area contributed by atoms with E-state index in [1.165, 1.54) is 12.3 Å². The van der Waals surface area contributed by atoms with Gasteiger partial charge in [0.1, 0.15) is 5.56 Å². The van der Waals surface area contributed by atoms with Crippen molar-refractivity contribution in [3.05, 3.63) is 23.5 Å². The molecule has 0 aliphatic carbocycles. The van der Waals surface area contributed by atoms with E-state index in [0.29, 0.717) is 18.8 Å². The maximum absolute atomic E-state index is 10.7. The van der Waals surface area contributed by atoms with Crippen LogP contribution in [0.4, 0.5) is 0 Å². The summed E-state index contributed by atoms with van der Waals surface area (Å²) in [6.45, 7) is 0.534. The number of rotatable bonds is 1. The standard InChI is InChI=1S/C8H7NO3/c10-8(11)5-1-3-9-6-2-4-12-7(5)6/h1,3H,2,4H2,(H,10,11). The fourth-order valence-electron chi connectivity index (χ4n) is 1.25. The summed E-state index contributed by atoms with van der Waals surface area (Å²) in [5.41, 5.74) is 0.951. The van der Waals surface area contributed by atoms with Crippen LogP contribution in [-0.4, -0.2) is 22.7 Å². The minimum absolute atomic E-state index is 0.206. The summed E-state index contributed by atoms with van der Waals surface area (Å²) in [5, 5.41) is 8.74. The van der Waals surface area contributed by atoms with Crippen LogP contribution in [0.25, 0.3) is 0 Å². The second-order valence-corrected chi connectivity index (χ2v) is 2.54. The fraction of sp³-hybridized carbons (Fsp3) is 0.250. The van der Waals surface area contributed by atoms with Crippen LogP contribution in [-0.2, 0) is 6.42 Å². The molecule has 1 aromatic rings. The summed E-state index contributed by atoms with van der Waals surface area (Å²) in [7, 11) is 0. The quantitative estimate of drug-likeness (QED) is 0.665. The van der Waals surface area contributed by atoms with E-state index in [4.69, 9.17) is 9.84 Å². The summed E-state index contributed by atoms with van der Waals surface area (Å²) < 4.78 is 5.15. The van der Waals surface area contributed by atoms with Crippen molar-refractivity contribution in [2.24, 2.45) is 0 Å². The van der Waals surface area contributed by atoms with Gasteiger partial charge >= 0.3 is 5.97 Å². The molecule has 1 aliphatic rings. The maximum Gasteiger partial charge on any atom is 0.339 e. The van der Waals surface area contributed by atoms with Crippen molar-refractivity contribution in [2.75, 3.05) is 6.61 Å². The summed E-state index contributed by atoms with van der Waals surface area (Å²) in [6, 6.07) is 1.45. The average Bonchev–Trinajstić information content (AvgIpc) is 2.49. The molecule has 0 saturated heterocycles. The van der Waals surface area contributed by atoms with Crippen LogP contribution in [0.3, 0.4) is 0 Å². The lowest BCUT2D eigenvalue weighted by Crippen LogP contribution is -2.00. The molecule has 0 unspecified atom stereocenters. The van der Waals surface area contributed by atoms with Crippen LogP contribution in [0.15, 0.2) is 12.3 Å².